The van der Waals surface area contributed by atoms with Crippen molar-refractivity contribution in [3.8, 4) is 0 Å². The summed E-state index contributed by atoms with van der Waals surface area (Å²) in [7, 11) is -3.69. The lowest BCUT2D eigenvalue weighted by atomic mass is 10.2. The number of carboxylic acid groups (broad SMARTS) is 1. The van der Waals surface area contributed by atoms with Gasteiger partial charge in [-0.25, -0.2) is 13.2 Å². The Morgan fingerprint density at radius 3 is 2.57 bits per heavy atom. The van der Waals surface area contributed by atoms with Gasteiger partial charge in [0.1, 0.15) is 4.21 Å². The van der Waals surface area contributed by atoms with Gasteiger partial charge in [0.05, 0.1) is 16.3 Å². The Kier molecular flexibility index (Phi) is 4.55. The van der Waals surface area contributed by atoms with E-state index in [0.29, 0.717) is 0 Å². The van der Waals surface area contributed by atoms with Gasteiger partial charge in [0.2, 0.25) is 0 Å². The van der Waals surface area contributed by atoms with E-state index in [1.807, 2.05) is 6.92 Å². The van der Waals surface area contributed by atoms with Crippen molar-refractivity contribution in [2.24, 2.45) is 0 Å². The average Bonchev–Trinajstić information content (AvgIpc) is 2.87. The summed E-state index contributed by atoms with van der Waals surface area (Å²) in [4.78, 5) is 11.8. The number of carbonyl (C=O) groups is 1. The van der Waals surface area contributed by atoms with Crippen molar-refractivity contribution in [3.05, 3.63) is 45.8 Å². The Morgan fingerprint density at radius 1 is 1.33 bits per heavy atom. The Morgan fingerprint density at radius 2 is 2.05 bits per heavy atom. The number of hydrogen-bond donors (Lipinski definition) is 2. The van der Waals surface area contributed by atoms with Gasteiger partial charge in [-0.3, -0.25) is 4.72 Å². The lowest BCUT2D eigenvalue weighted by molar-refractivity contribution is 0.0697. The Balaban J connectivity index is 2.28. The molecule has 0 aliphatic heterocycles. The minimum atomic E-state index is -3.69. The second-order valence-electron chi connectivity index (χ2n) is 4.18. The lowest BCUT2D eigenvalue weighted by Gasteiger charge is -2.07. The fraction of sp³-hybridized carbons (Fsp3) is 0.154. The average molecular weight is 346 g/mol. The summed E-state index contributed by atoms with van der Waals surface area (Å²) in [6, 6.07) is 7.20. The first-order valence-corrected chi connectivity index (χ1v) is 8.65. The maximum Gasteiger partial charge on any atom is 0.337 e. The van der Waals surface area contributed by atoms with Crippen LogP contribution in [0.15, 0.2) is 34.5 Å². The summed E-state index contributed by atoms with van der Waals surface area (Å²) in [6.45, 7) is 1.94. The molecule has 0 aliphatic rings. The third kappa shape index (κ3) is 3.55. The highest BCUT2D eigenvalue weighted by molar-refractivity contribution is 7.94. The molecule has 0 aliphatic carbocycles. The summed E-state index contributed by atoms with van der Waals surface area (Å²) in [5.74, 6) is -1.17. The maximum absolute atomic E-state index is 12.2. The molecule has 0 saturated carbocycles. The second kappa shape index (κ2) is 6.05. The van der Waals surface area contributed by atoms with Crippen LogP contribution in [0, 0.1) is 0 Å². The molecule has 5 nitrogen and oxygen atoms in total. The van der Waals surface area contributed by atoms with E-state index in [0.717, 1.165) is 11.3 Å². The monoisotopic (exact) mass is 345 g/mol. The van der Waals surface area contributed by atoms with E-state index >= 15 is 0 Å². The third-order valence-electron chi connectivity index (χ3n) is 2.70. The van der Waals surface area contributed by atoms with E-state index in [-0.39, 0.29) is 20.5 Å². The molecule has 0 fully saturated rings. The summed E-state index contributed by atoms with van der Waals surface area (Å²) in [5, 5.41) is 8.85. The van der Waals surface area contributed by atoms with E-state index in [4.69, 9.17) is 16.7 Å². The number of thiophene rings is 1. The van der Waals surface area contributed by atoms with Gasteiger partial charge >= 0.3 is 5.97 Å². The van der Waals surface area contributed by atoms with Crippen molar-refractivity contribution < 1.29 is 18.3 Å². The van der Waals surface area contributed by atoms with Gasteiger partial charge in [0.15, 0.2) is 0 Å². The van der Waals surface area contributed by atoms with Gasteiger partial charge < -0.3 is 5.11 Å². The molecule has 2 rings (SSSR count). The highest BCUT2D eigenvalue weighted by Crippen LogP contribution is 2.26. The molecule has 112 valence electrons. The molecular formula is C13H12ClNO4S2. The quantitative estimate of drug-likeness (QED) is 0.869. The summed E-state index contributed by atoms with van der Waals surface area (Å²) in [5.41, 5.74) is 0.139. The number of hydrogen-bond acceptors (Lipinski definition) is 4. The number of rotatable bonds is 5. The second-order valence-corrected chi connectivity index (χ2v) is 7.66. The Labute approximate surface area is 131 Å². The largest absolute Gasteiger partial charge is 0.478 e. The van der Waals surface area contributed by atoms with Crippen LogP contribution in [0.2, 0.25) is 5.02 Å². The molecule has 0 amide bonds. The van der Waals surface area contributed by atoms with Crippen LogP contribution < -0.4 is 4.72 Å². The van der Waals surface area contributed by atoms with Gasteiger partial charge in [0.25, 0.3) is 10.0 Å². The Hall–Kier alpha value is -1.57. The normalized spacial score (nSPS) is 11.3. The molecule has 0 bridgehead atoms. The van der Waals surface area contributed by atoms with Crippen molar-refractivity contribution in [2.75, 3.05) is 4.72 Å². The SMILES string of the molecule is CCc1ccc(S(=O)(=O)Nc2ccc(C(=O)O)c(Cl)c2)s1. The van der Waals surface area contributed by atoms with Crippen LogP contribution in [0.25, 0.3) is 0 Å². The van der Waals surface area contributed by atoms with Gasteiger partial charge in [0, 0.05) is 4.88 Å². The molecular weight excluding hydrogens is 334 g/mol. The molecule has 0 radical (unpaired) electrons. The number of nitrogens with one attached hydrogen (secondary N) is 1. The number of aryl methyl sites for hydroxylation is 1. The number of benzene rings is 1. The molecule has 8 heteroatoms. The van der Waals surface area contributed by atoms with Crippen molar-refractivity contribution in [3.63, 3.8) is 0 Å². The van der Waals surface area contributed by atoms with Gasteiger partial charge in [-0.1, -0.05) is 18.5 Å². The van der Waals surface area contributed by atoms with E-state index in [1.165, 1.54) is 29.5 Å². The molecule has 1 aromatic heterocycles. The van der Waals surface area contributed by atoms with E-state index in [1.54, 1.807) is 12.1 Å². The number of sulfonamides is 1. The summed E-state index contributed by atoms with van der Waals surface area (Å²) in [6.07, 6.45) is 0.763. The fourth-order valence-corrected chi connectivity index (χ4v) is 4.26. The van der Waals surface area contributed by atoms with Gasteiger partial charge in [-0.05, 0) is 36.8 Å². The highest BCUT2D eigenvalue weighted by Gasteiger charge is 2.18. The van der Waals surface area contributed by atoms with Crippen LogP contribution in [-0.4, -0.2) is 19.5 Å². The first kappa shape index (κ1) is 15.8. The topological polar surface area (TPSA) is 83.5 Å². The molecule has 1 aromatic carbocycles. The molecule has 2 aromatic rings. The van der Waals surface area contributed by atoms with Gasteiger partial charge in [-0.15, -0.1) is 11.3 Å². The molecule has 1 heterocycles. The molecule has 0 atom stereocenters. The van der Waals surface area contributed by atoms with E-state index in [2.05, 4.69) is 4.72 Å². The van der Waals surface area contributed by atoms with Crippen molar-refractivity contribution >= 4 is 44.6 Å². The number of anilines is 1. The predicted octanol–water partition coefficient (Wildman–Crippen LogP) is 3.46. The molecule has 0 spiro atoms. The molecule has 2 N–H and O–H groups in total. The van der Waals surface area contributed by atoms with Crippen LogP contribution in [0.5, 0.6) is 0 Å². The van der Waals surface area contributed by atoms with Crippen LogP contribution in [0.4, 0.5) is 5.69 Å². The zero-order chi connectivity index (χ0) is 15.6. The van der Waals surface area contributed by atoms with Crippen LogP contribution in [0.3, 0.4) is 0 Å². The minimum absolute atomic E-state index is 0.0249. The lowest BCUT2D eigenvalue weighted by Crippen LogP contribution is -2.11. The smallest absolute Gasteiger partial charge is 0.337 e. The van der Waals surface area contributed by atoms with Crippen molar-refractivity contribution in [1.82, 2.24) is 0 Å². The van der Waals surface area contributed by atoms with E-state index in [9.17, 15) is 13.2 Å². The van der Waals surface area contributed by atoms with Gasteiger partial charge in [-0.2, -0.15) is 0 Å². The molecule has 0 unspecified atom stereocenters. The predicted molar refractivity (Wildman–Crippen MR) is 82.9 cm³/mol. The van der Waals surface area contributed by atoms with E-state index < -0.39 is 16.0 Å². The standard InChI is InChI=1S/C13H12ClNO4S2/c1-2-9-4-6-12(20-9)21(18,19)15-8-3-5-10(13(16)17)11(14)7-8/h3-7,15H,2H2,1H3,(H,16,17). The van der Waals surface area contributed by atoms with Crippen LogP contribution >= 0.6 is 22.9 Å². The number of carboxylic acids is 1. The summed E-state index contributed by atoms with van der Waals surface area (Å²) >= 11 is 7.01. The first-order valence-electron chi connectivity index (χ1n) is 5.98. The number of aromatic carboxylic acids is 1. The zero-order valence-corrected chi connectivity index (χ0v) is 13.3. The highest BCUT2D eigenvalue weighted by atomic mass is 35.5. The molecule has 21 heavy (non-hydrogen) atoms. The minimum Gasteiger partial charge on any atom is -0.478 e. The van der Waals surface area contributed by atoms with Crippen LogP contribution in [0.1, 0.15) is 22.2 Å². The fourth-order valence-electron chi connectivity index (χ4n) is 1.65. The molecule has 0 saturated heterocycles. The number of halogens is 1. The Bertz CT molecular complexity index is 783. The van der Waals surface area contributed by atoms with Crippen molar-refractivity contribution in [2.45, 2.75) is 17.6 Å². The van der Waals surface area contributed by atoms with Crippen molar-refractivity contribution in [1.29, 1.82) is 0 Å². The maximum atomic E-state index is 12.2. The van der Waals surface area contributed by atoms with Crippen LogP contribution in [-0.2, 0) is 16.4 Å². The zero-order valence-electron chi connectivity index (χ0n) is 11.0. The summed E-state index contributed by atoms with van der Waals surface area (Å²) < 4.78 is 27.0. The third-order valence-corrected chi connectivity index (χ3v) is 6.12. The first-order chi connectivity index (χ1) is 9.83.